The van der Waals surface area contributed by atoms with E-state index in [-0.39, 0.29) is 22.0 Å². The third-order valence-corrected chi connectivity index (χ3v) is 2.83. The van der Waals surface area contributed by atoms with Gasteiger partial charge in [-0.25, -0.2) is 0 Å². The van der Waals surface area contributed by atoms with Gasteiger partial charge in [-0.1, -0.05) is 17.7 Å². The maximum atomic E-state index is 12.0. The van der Waals surface area contributed by atoms with Crippen molar-refractivity contribution in [2.75, 3.05) is 5.32 Å². The molecule has 20 heavy (non-hydrogen) atoms. The Bertz CT molecular complexity index is 688. The Balaban J connectivity index is 2.24. The molecule has 0 aliphatic rings. The summed E-state index contributed by atoms with van der Waals surface area (Å²) < 4.78 is 0. The SMILES string of the molecule is O=C(Nc1ccc(O)cc1Cl)c1cccc([N+](=O)[O-])c1. The number of non-ortho nitro benzene ring substituents is 1. The molecular weight excluding hydrogens is 284 g/mol. The van der Waals surface area contributed by atoms with Gasteiger partial charge in [-0.15, -0.1) is 0 Å². The monoisotopic (exact) mass is 292 g/mol. The second kappa shape index (κ2) is 5.58. The summed E-state index contributed by atoms with van der Waals surface area (Å²) in [6.45, 7) is 0. The Labute approximate surface area is 118 Å². The number of halogens is 1. The number of nitro groups is 1. The van der Waals surface area contributed by atoms with Crippen LogP contribution in [0.3, 0.4) is 0 Å². The first-order valence-electron chi connectivity index (χ1n) is 5.51. The number of benzene rings is 2. The van der Waals surface area contributed by atoms with Crippen LogP contribution in [0.15, 0.2) is 42.5 Å². The molecule has 2 aromatic carbocycles. The maximum absolute atomic E-state index is 12.0. The summed E-state index contributed by atoms with van der Waals surface area (Å²) in [6.07, 6.45) is 0. The highest BCUT2D eigenvalue weighted by Gasteiger charge is 2.13. The highest BCUT2D eigenvalue weighted by molar-refractivity contribution is 6.34. The topological polar surface area (TPSA) is 92.5 Å². The molecule has 0 unspecified atom stereocenters. The summed E-state index contributed by atoms with van der Waals surface area (Å²) in [6, 6.07) is 9.43. The number of nitrogens with zero attached hydrogens (tertiary/aromatic N) is 1. The number of aromatic hydroxyl groups is 1. The number of nitro benzene ring substituents is 1. The molecule has 0 aliphatic carbocycles. The zero-order valence-corrected chi connectivity index (χ0v) is 10.8. The predicted molar refractivity (Wildman–Crippen MR) is 74.2 cm³/mol. The van der Waals surface area contributed by atoms with Crippen LogP contribution in [-0.2, 0) is 0 Å². The minimum absolute atomic E-state index is 0.0247. The first kappa shape index (κ1) is 13.8. The average molecular weight is 293 g/mol. The van der Waals surface area contributed by atoms with E-state index in [1.807, 2.05) is 0 Å². The Morgan fingerprint density at radius 1 is 1.25 bits per heavy atom. The van der Waals surface area contributed by atoms with Crippen molar-refractivity contribution < 1.29 is 14.8 Å². The zero-order valence-electron chi connectivity index (χ0n) is 10.0. The summed E-state index contributed by atoms with van der Waals surface area (Å²) in [5, 5.41) is 22.6. The molecule has 0 aliphatic heterocycles. The van der Waals surface area contributed by atoms with Crippen LogP contribution < -0.4 is 5.32 Å². The molecular formula is C13H9ClN2O4. The van der Waals surface area contributed by atoms with Gasteiger partial charge in [0, 0.05) is 23.8 Å². The minimum Gasteiger partial charge on any atom is -0.508 e. The van der Waals surface area contributed by atoms with Crippen LogP contribution in [0.5, 0.6) is 5.75 Å². The van der Waals surface area contributed by atoms with Crippen molar-refractivity contribution in [3.05, 3.63) is 63.2 Å². The summed E-state index contributed by atoms with van der Waals surface area (Å²) >= 11 is 5.86. The molecule has 102 valence electrons. The van der Waals surface area contributed by atoms with Gasteiger partial charge in [0.25, 0.3) is 11.6 Å². The molecule has 7 heteroatoms. The molecule has 0 fully saturated rings. The standard InChI is InChI=1S/C13H9ClN2O4/c14-11-7-10(17)4-5-12(11)15-13(18)8-2-1-3-9(6-8)16(19)20/h1-7,17H,(H,15,18). The molecule has 0 saturated carbocycles. The van der Waals surface area contributed by atoms with Gasteiger partial charge in [0.05, 0.1) is 15.6 Å². The molecule has 0 spiro atoms. The van der Waals surface area contributed by atoms with E-state index in [0.717, 1.165) is 0 Å². The second-order valence-corrected chi connectivity index (χ2v) is 4.33. The number of phenols is 1. The highest BCUT2D eigenvalue weighted by Crippen LogP contribution is 2.26. The molecule has 0 radical (unpaired) electrons. The summed E-state index contributed by atoms with van der Waals surface area (Å²) in [5.41, 5.74) is 0.277. The Hall–Kier alpha value is -2.60. The molecule has 0 aromatic heterocycles. The van der Waals surface area contributed by atoms with E-state index in [1.54, 1.807) is 0 Å². The van der Waals surface area contributed by atoms with Gasteiger partial charge in [-0.2, -0.15) is 0 Å². The van der Waals surface area contributed by atoms with E-state index in [1.165, 1.54) is 42.5 Å². The predicted octanol–water partition coefficient (Wildman–Crippen LogP) is 3.21. The van der Waals surface area contributed by atoms with Crippen molar-refractivity contribution >= 4 is 28.9 Å². The third kappa shape index (κ3) is 3.04. The lowest BCUT2D eigenvalue weighted by Gasteiger charge is -2.07. The molecule has 0 bridgehead atoms. The van der Waals surface area contributed by atoms with E-state index in [0.29, 0.717) is 5.69 Å². The van der Waals surface area contributed by atoms with Crippen molar-refractivity contribution in [3.63, 3.8) is 0 Å². The first-order valence-corrected chi connectivity index (χ1v) is 5.89. The number of anilines is 1. The quantitative estimate of drug-likeness (QED) is 0.516. The van der Waals surface area contributed by atoms with Crippen LogP contribution in [0.4, 0.5) is 11.4 Å². The number of rotatable bonds is 3. The number of phenolic OH excluding ortho intramolecular Hbond substituents is 1. The normalized spacial score (nSPS) is 10.1. The van der Waals surface area contributed by atoms with Crippen molar-refractivity contribution in [1.82, 2.24) is 0 Å². The number of carbonyl (C=O) groups excluding carboxylic acids is 1. The Kier molecular flexibility index (Phi) is 3.86. The van der Waals surface area contributed by atoms with Crippen LogP contribution in [0.25, 0.3) is 0 Å². The molecule has 0 saturated heterocycles. The van der Waals surface area contributed by atoms with E-state index >= 15 is 0 Å². The summed E-state index contributed by atoms with van der Waals surface area (Å²) in [7, 11) is 0. The van der Waals surface area contributed by atoms with Crippen LogP contribution in [0.1, 0.15) is 10.4 Å². The van der Waals surface area contributed by atoms with Crippen LogP contribution in [0, 0.1) is 10.1 Å². The van der Waals surface area contributed by atoms with Gasteiger partial charge >= 0.3 is 0 Å². The molecule has 1 amide bonds. The maximum Gasteiger partial charge on any atom is 0.270 e. The van der Waals surface area contributed by atoms with Crippen molar-refractivity contribution in [2.24, 2.45) is 0 Å². The summed E-state index contributed by atoms with van der Waals surface area (Å²) in [4.78, 5) is 22.0. The lowest BCUT2D eigenvalue weighted by Crippen LogP contribution is -2.12. The van der Waals surface area contributed by atoms with Crippen LogP contribution in [0.2, 0.25) is 5.02 Å². The van der Waals surface area contributed by atoms with Gasteiger partial charge in [-0.3, -0.25) is 14.9 Å². The summed E-state index contributed by atoms with van der Waals surface area (Å²) in [5.74, 6) is -0.551. The molecule has 2 aromatic rings. The number of carbonyl (C=O) groups is 1. The van der Waals surface area contributed by atoms with Crippen LogP contribution in [-0.4, -0.2) is 15.9 Å². The fraction of sp³-hybridized carbons (Fsp3) is 0. The second-order valence-electron chi connectivity index (χ2n) is 3.93. The Morgan fingerprint density at radius 3 is 2.65 bits per heavy atom. The van der Waals surface area contributed by atoms with Gasteiger partial charge < -0.3 is 10.4 Å². The van der Waals surface area contributed by atoms with Crippen molar-refractivity contribution in [2.45, 2.75) is 0 Å². The van der Waals surface area contributed by atoms with Gasteiger partial charge in [-0.05, 0) is 18.2 Å². The fourth-order valence-electron chi connectivity index (χ4n) is 1.56. The number of nitrogens with one attached hydrogen (secondary N) is 1. The van der Waals surface area contributed by atoms with E-state index in [9.17, 15) is 20.0 Å². The third-order valence-electron chi connectivity index (χ3n) is 2.52. The average Bonchev–Trinajstić information content (AvgIpc) is 2.42. The van der Waals surface area contributed by atoms with Crippen molar-refractivity contribution in [1.29, 1.82) is 0 Å². The molecule has 0 atom stereocenters. The number of hydrogen-bond donors (Lipinski definition) is 2. The van der Waals surface area contributed by atoms with Crippen molar-refractivity contribution in [3.8, 4) is 5.75 Å². The van der Waals surface area contributed by atoms with Gasteiger partial charge in [0.15, 0.2) is 0 Å². The largest absolute Gasteiger partial charge is 0.508 e. The Morgan fingerprint density at radius 2 is 2.00 bits per heavy atom. The molecule has 2 rings (SSSR count). The van der Waals surface area contributed by atoms with E-state index < -0.39 is 10.8 Å². The van der Waals surface area contributed by atoms with Gasteiger partial charge in [0.2, 0.25) is 0 Å². The highest BCUT2D eigenvalue weighted by atomic mass is 35.5. The van der Waals surface area contributed by atoms with E-state index in [4.69, 9.17) is 11.6 Å². The smallest absolute Gasteiger partial charge is 0.270 e. The lowest BCUT2D eigenvalue weighted by molar-refractivity contribution is -0.384. The van der Waals surface area contributed by atoms with Gasteiger partial charge in [0.1, 0.15) is 5.75 Å². The minimum atomic E-state index is -0.579. The fourth-order valence-corrected chi connectivity index (χ4v) is 1.78. The van der Waals surface area contributed by atoms with Crippen LogP contribution >= 0.6 is 11.6 Å². The zero-order chi connectivity index (χ0) is 14.7. The molecule has 2 N–H and O–H groups in total. The number of hydrogen-bond acceptors (Lipinski definition) is 4. The molecule has 6 nitrogen and oxygen atoms in total. The molecule has 0 heterocycles. The first-order chi connectivity index (χ1) is 9.47. The van der Waals surface area contributed by atoms with E-state index in [2.05, 4.69) is 5.32 Å². The lowest BCUT2D eigenvalue weighted by atomic mass is 10.2. The number of amides is 1.